The van der Waals surface area contributed by atoms with E-state index >= 15 is 0 Å². The number of rotatable bonds is 2. The normalized spacial score (nSPS) is 32.9. The third-order valence-corrected chi connectivity index (χ3v) is 3.45. The Morgan fingerprint density at radius 3 is 1.67 bits per heavy atom. The summed E-state index contributed by atoms with van der Waals surface area (Å²) in [5.41, 5.74) is -3.05. The molecule has 1 aromatic rings. The van der Waals surface area contributed by atoms with Crippen LogP contribution < -0.4 is 0 Å². The summed E-state index contributed by atoms with van der Waals surface area (Å²) in [5, 5.41) is 18.3. The van der Waals surface area contributed by atoms with E-state index in [9.17, 15) is 9.59 Å². The Balaban J connectivity index is 2.72. The van der Waals surface area contributed by atoms with Gasteiger partial charge < -0.3 is 14.6 Å². The van der Waals surface area contributed by atoms with E-state index in [1.165, 1.54) is 26.0 Å². The van der Waals surface area contributed by atoms with Crippen molar-refractivity contribution >= 4 is 11.9 Å². The Bertz CT molecular complexity index is 420. The van der Waals surface area contributed by atoms with E-state index in [0.717, 1.165) is 0 Å². The molecule has 1 aliphatic heterocycles. The van der Waals surface area contributed by atoms with Gasteiger partial charge in [-0.3, -0.25) is 9.59 Å². The summed E-state index contributed by atoms with van der Waals surface area (Å²) in [4.78, 5) is 22.4. The molecule has 2 bridgehead atoms. The SMILES string of the molecule is CC1(C(=O)O)c2ccc(o2)C1(C)C(=O)O. The third-order valence-electron chi connectivity index (χ3n) is 3.45. The van der Waals surface area contributed by atoms with E-state index in [2.05, 4.69) is 0 Å². The van der Waals surface area contributed by atoms with Gasteiger partial charge in [-0.25, -0.2) is 0 Å². The lowest BCUT2D eigenvalue weighted by Gasteiger charge is -2.33. The van der Waals surface area contributed by atoms with Crippen LogP contribution in [0, 0.1) is 0 Å². The Morgan fingerprint density at radius 1 is 1.07 bits per heavy atom. The molecule has 5 heteroatoms. The standard InChI is InChI=1S/C10H10O5/c1-9(7(11)12)5-3-4-6(15-5)10(9,2)8(13)14/h3-4H,1-2H3,(H,11,12)(H,13,14). The van der Waals surface area contributed by atoms with Crippen LogP contribution >= 0.6 is 0 Å². The van der Waals surface area contributed by atoms with Crippen LogP contribution in [-0.2, 0) is 20.4 Å². The average molecular weight is 210 g/mol. The van der Waals surface area contributed by atoms with Gasteiger partial charge in [0, 0.05) is 0 Å². The zero-order valence-electron chi connectivity index (χ0n) is 8.27. The minimum Gasteiger partial charge on any atom is -0.480 e. The molecule has 5 nitrogen and oxygen atoms in total. The molecule has 15 heavy (non-hydrogen) atoms. The van der Waals surface area contributed by atoms with Crippen LogP contribution in [0.3, 0.4) is 0 Å². The van der Waals surface area contributed by atoms with E-state index in [1.807, 2.05) is 0 Å². The number of carboxylic acids is 2. The average Bonchev–Trinajstić information content (AvgIpc) is 2.69. The molecule has 2 rings (SSSR count). The van der Waals surface area contributed by atoms with Gasteiger partial charge in [-0.05, 0) is 26.0 Å². The molecule has 0 aromatic carbocycles. The number of hydrogen-bond donors (Lipinski definition) is 2. The van der Waals surface area contributed by atoms with Gasteiger partial charge in [0.05, 0.1) is 0 Å². The van der Waals surface area contributed by atoms with Crippen molar-refractivity contribution in [1.82, 2.24) is 0 Å². The van der Waals surface area contributed by atoms with Crippen LogP contribution in [-0.4, -0.2) is 22.2 Å². The summed E-state index contributed by atoms with van der Waals surface area (Å²) in [6.45, 7) is 2.74. The van der Waals surface area contributed by atoms with Gasteiger partial charge in [-0.1, -0.05) is 0 Å². The van der Waals surface area contributed by atoms with Crippen molar-refractivity contribution in [2.24, 2.45) is 0 Å². The van der Waals surface area contributed by atoms with Crippen LogP contribution in [0.25, 0.3) is 0 Å². The molecule has 1 aromatic heterocycles. The number of furan rings is 1. The molecule has 0 spiro atoms. The summed E-state index contributed by atoms with van der Waals surface area (Å²) >= 11 is 0. The molecule has 2 heterocycles. The Morgan fingerprint density at radius 2 is 1.40 bits per heavy atom. The monoisotopic (exact) mass is 210 g/mol. The fraction of sp³-hybridized carbons (Fsp3) is 0.400. The summed E-state index contributed by atoms with van der Waals surface area (Å²) in [5.74, 6) is -2.01. The second-order valence-electron chi connectivity index (χ2n) is 4.02. The lowest BCUT2D eigenvalue weighted by molar-refractivity contribution is -0.156. The predicted octanol–water partition coefficient (Wildman–Crippen LogP) is 0.978. The van der Waals surface area contributed by atoms with E-state index in [1.54, 1.807) is 0 Å². The maximum absolute atomic E-state index is 11.2. The molecule has 0 radical (unpaired) electrons. The first kappa shape index (κ1) is 9.76. The van der Waals surface area contributed by atoms with Gasteiger partial charge in [-0.2, -0.15) is 0 Å². The van der Waals surface area contributed by atoms with Crippen molar-refractivity contribution < 1.29 is 24.2 Å². The van der Waals surface area contributed by atoms with Crippen molar-refractivity contribution in [3.63, 3.8) is 0 Å². The first-order chi connectivity index (χ1) is 6.85. The molecule has 1 aliphatic rings. The summed E-state index contributed by atoms with van der Waals surface area (Å²) in [7, 11) is 0. The van der Waals surface area contributed by atoms with Crippen LogP contribution in [0.5, 0.6) is 0 Å². The third kappa shape index (κ3) is 0.789. The zero-order valence-corrected chi connectivity index (χ0v) is 8.27. The second-order valence-corrected chi connectivity index (χ2v) is 4.02. The van der Waals surface area contributed by atoms with Gasteiger partial charge in [0.2, 0.25) is 0 Å². The topological polar surface area (TPSA) is 87.7 Å². The highest BCUT2D eigenvalue weighted by Gasteiger charge is 2.65. The van der Waals surface area contributed by atoms with Gasteiger partial charge in [0.1, 0.15) is 22.4 Å². The van der Waals surface area contributed by atoms with Crippen molar-refractivity contribution in [1.29, 1.82) is 0 Å². The maximum Gasteiger partial charge on any atom is 0.318 e. The van der Waals surface area contributed by atoms with Gasteiger partial charge in [0.25, 0.3) is 0 Å². The molecule has 0 saturated heterocycles. The number of fused-ring (bicyclic) bond motifs is 2. The molecular formula is C10H10O5. The first-order valence-electron chi connectivity index (χ1n) is 4.42. The maximum atomic E-state index is 11.2. The fourth-order valence-electron chi connectivity index (χ4n) is 2.01. The fourth-order valence-corrected chi connectivity index (χ4v) is 2.01. The Labute approximate surface area is 85.3 Å². The molecule has 2 N–H and O–H groups in total. The lowest BCUT2D eigenvalue weighted by atomic mass is 9.62. The molecule has 2 atom stereocenters. The van der Waals surface area contributed by atoms with Gasteiger partial charge in [-0.15, -0.1) is 0 Å². The highest BCUT2D eigenvalue weighted by molar-refractivity contribution is 5.95. The zero-order chi connectivity index (χ0) is 11.4. The van der Waals surface area contributed by atoms with Crippen LogP contribution in [0.1, 0.15) is 25.4 Å². The van der Waals surface area contributed by atoms with E-state index in [0.29, 0.717) is 0 Å². The highest BCUT2D eigenvalue weighted by Crippen LogP contribution is 2.51. The van der Waals surface area contributed by atoms with Crippen LogP contribution in [0.2, 0.25) is 0 Å². The minimum atomic E-state index is -1.52. The van der Waals surface area contributed by atoms with E-state index < -0.39 is 22.8 Å². The molecule has 0 amide bonds. The van der Waals surface area contributed by atoms with Crippen molar-refractivity contribution in [2.45, 2.75) is 24.7 Å². The van der Waals surface area contributed by atoms with E-state index in [-0.39, 0.29) is 11.5 Å². The molecular weight excluding hydrogens is 200 g/mol. The molecule has 0 fully saturated rings. The molecule has 2 unspecified atom stereocenters. The quantitative estimate of drug-likeness (QED) is 0.759. The smallest absolute Gasteiger partial charge is 0.318 e. The van der Waals surface area contributed by atoms with Gasteiger partial charge in [0.15, 0.2) is 0 Å². The second kappa shape index (κ2) is 2.42. The van der Waals surface area contributed by atoms with Crippen LogP contribution in [0.4, 0.5) is 0 Å². The molecule has 0 aliphatic carbocycles. The summed E-state index contributed by atoms with van der Waals surface area (Å²) in [6, 6.07) is 3.02. The minimum absolute atomic E-state index is 0.190. The highest BCUT2D eigenvalue weighted by atomic mass is 16.4. The van der Waals surface area contributed by atoms with E-state index in [4.69, 9.17) is 14.6 Å². The van der Waals surface area contributed by atoms with Crippen molar-refractivity contribution in [3.8, 4) is 0 Å². The predicted molar refractivity (Wildman–Crippen MR) is 48.7 cm³/mol. The van der Waals surface area contributed by atoms with Gasteiger partial charge >= 0.3 is 11.9 Å². The molecule has 80 valence electrons. The lowest BCUT2D eigenvalue weighted by Crippen LogP contribution is -2.53. The molecule has 0 saturated carbocycles. The first-order valence-corrected chi connectivity index (χ1v) is 4.42. The Kier molecular flexibility index (Phi) is 1.57. The van der Waals surface area contributed by atoms with Crippen molar-refractivity contribution in [3.05, 3.63) is 23.7 Å². The Hall–Kier alpha value is -1.78. The number of carboxylic acid groups (broad SMARTS) is 2. The number of aliphatic carboxylic acids is 2. The summed E-state index contributed by atoms with van der Waals surface area (Å²) < 4.78 is 5.19. The van der Waals surface area contributed by atoms with Crippen LogP contribution in [0.15, 0.2) is 16.5 Å². The number of hydrogen-bond acceptors (Lipinski definition) is 3. The number of carbonyl (C=O) groups is 2. The largest absolute Gasteiger partial charge is 0.480 e. The summed E-state index contributed by atoms with van der Waals surface area (Å²) in [6.07, 6.45) is 0. The van der Waals surface area contributed by atoms with Crippen molar-refractivity contribution in [2.75, 3.05) is 0 Å².